The van der Waals surface area contributed by atoms with Crippen LogP contribution in [0, 0.1) is 0 Å². The zero-order chi connectivity index (χ0) is 23.5. The van der Waals surface area contributed by atoms with Crippen molar-refractivity contribution in [3.63, 3.8) is 0 Å². The van der Waals surface area contributed by atoms with Gasteiger partial charge < -0.3 is 15.1 Å². The summed E-state index contributed by atoms with van der Waals surface area (Å²) in [5, 5.41) is 3.02. The molecule has 0 bridgehead atoms. The maximum absolute atomic E-state index is 13.5. The first-order chi connectivity index (χ1) is 16.6. The van der Waals surface area contributed by atoms with Gasteiger partial charge in [0.15, 0.2) is 0 Å². The van der Waals surface area contributed by atoms with Crippen molar-refractivity contribution in [3.05, 3.63) is 35.4 Å². The van der Waals surface area contributed by atoms with Gasteiger partial charge in [-0.15, -0.1) is 0 Å². The highest BCUT2D eigenvalue weighted by atomic mass is 16.2. The Hall–Kier alpha value is -2.83. The van der Waals surface area contributed by atoms with E-state index in [1.54, 1.807) is 4.90 Å². The zero-order valence-corrected chi connectivity index (χ0v) is 20.1. The summed E-state index contributed by atoms with van der Waals surface area (Å²) < 4.78 is 0. The van der Waals surface area contributed by atoms with E-state index in [0.717, 1.165) is 76.7 Å². The van der Waals surface area contributed by atoms with Gasteiger partial charge in [-0.3, -0.25) is 19.3 Å². The first-order valence-electron chi connectivity index (χ1n) is 13.1. The van der Waals surface area contributed by atoms with Crippen LogP contribution < -0.4 is 15.1 Å². The smallest absolute Gasteiger partial charge is 0.253 e. The molecule has 1 N–H and O–H groups in total. The second-order valence-electron chi connectivity index (χ2n) is 10.0. The van der Waals surface area contributed by atoms with E-state index in [1.165, 1.54) is 18.4 Å². The van der Waals surface area contributed by atoms with Gasteiger partial charge in [0.1, 0.15) is 12.6 Å². The van der Waals surface area contributed by atoms with Crippen molar-refractivity contribution >= 4 is 29.1 Å². The molecule has 1 unspecified atom stereocenters. The maximum Gasteiger partial charge on any atom is 0.253 e. The number of benzene rings is 1. The Kier molecular flexibility index (Phi) is 6.88. The Bertz CT molecular complexity index is 982. The number of hydrogen-bond donors (Lipinski definition) is 1. The summed E-state index contributed by atoms with van der Waals surface area (Å²) in [6, 6.07) is 5.47. The molecule has 0 saturated carbocycles. The molecule has 0 radical (unpaired) electrons. The molecule has 3 amide bonds. The van der Waals surface area contributed by atoms with Crippen molar-refractivity contribution in [2.45, 2.75) is 70.3 Å². The lowest BCUT2D eigenvalue weighted by molar-refractivity contribution is -0.124. The van der Waals surface area contributed by atoms with E-state index in [9.17, 15) is 14.4 Å². The molecule has 2 fully saturated rings. The van der Waals surface area contributed by atoms with Gasteiger partial charge in [-0.1, -0.05) is 11.6 Å². The van der Waals surface area contributed by atoms with E-state index < -0.39 is 0 Å². The summed E-state index contributed by atoms with van der Waals surface area (Å²) in [7, 11) is 0. The Morgan fingerprint density at radius 1 is 0.971 bits per heavy atom. The quantitative estimate of drug-likeness (QED) is 0.653. The number of fused-ring (bicyclic) bond motifs is 3. The molecule has 1 aromatic rings. The van der Waals surface area contributed by atoms with Crippen molar-refractivity contribution in [2.24, 2.45) is 0 Å². The van der Waals surface area contributed by atoms with Gasteiger partial charge in [-0.25, -0.2) is 0 Å². The van der Waals surface area contributed by atoms with Crippen LogP contribution in [0.3, 0.4) is 0 Å². The van der Waals surface area contributed by atoms with Crippen molar-refractivity contribution in [3.8, 4) is 0 Å². The predicted molar refractivity (Wildman–Crippen MR) is 133 cm³/mol. The second kappa shape index (κ2) is 10.2. The third kappa shape index (κ3) is 4.70. The number of rotatable bonds is 6. The van der Waals surface area contributed by atoms with Crippen molar-refractivity contribution in [2.75, 3.05) is 42.5 Å². The molecule has 3 aliphatic heterocycles. The second-order valence-corrected chi connectivity index (χ2v) is 10.0. The lowest BCUT2D eigenvalue weighted by Gasteiger charge is -2.45. The summed E-state index contributed by atoms with van der Waals surface area (Å²) in [5.41, 5.74) is 3.67. The highest BCUT2D eigenvalue weighted by Crippen LogP contribution is 2.40. The average Bonchev–Trinajstić information content (AvgIpc) is 3.41. The molecule has 7 nitrogen and oxygen atoms in total. The van der Waals surface area contributed by atoms with Crippen LogP contribution in [-0.2, 0) is 9.59 Å². The molecular weight excluding hydrogens is 428 g/mol. The fourth-order valence-electron chi connectivity index (χ4n) is 5.85. The third-order valence-corrected chi connectivity index (χ3v) is 7.72. The van der Waals surface area contributed by atoms with Crippen LogP contribution in [0.5, 0.6) is 0 Å². The first-order valence-corrected chi connectivity index (χ1v) is 13.1. The van der Waals surface area contributed by atoms with E-state index in [0.29, 0.717) is 17.8 Å². The van der Waals surface area contributed by atoms with Crippen LogP contribution in [0.25, 0.3) is 0 Å². The largest absolute Gasteiger partial charge is 0.358 e. The SMILES string of the molecule is O=C(CN1C(=O)C2CCCCN2c2ccc(C(=O)N3CCCC3)cc21)NCCC1=CCCCC1. The van der Waals surface area contributed by atoms with Gasteiger partial charge in [0.2, 0.25) is 11.8 Å². The summed E-state index contributed by atoms with van der Waals surface area (Å²) in [6.07, 6.45) is 12.9. The Balaban J connectivity index is 1.34. The molecule has 1 aromatic carbocycles. The number of carbonyl (C=O) groups excluding carboxylic acids is 3. The van der Waals surface area contributed by atoms with Crippen LogP contribution >= 0.6 is 0 Å². The molecule has 1 atom stereocenters. The number of likely N-dealkylation sites (tertiary alicyclic amines) is 1. The molecule has 4 aliphatic rings. The standard InChI is InChI=1S/C27H36N4O3/c32-25(28-14-13-20-8-2-1-3-9-20)19-31-24-18-21(26(33)29-15-6-7-16-29)11-12-22(24)30-17-5-4-10-23(30)27(31)34/h8,11-12,18,23H,1-7,9-10,13-17,19H2,(H,28,32). The van der Waals surface area contributed by atoms with Crippen LogP contribution in [0.15, 0.2) is 29.8 Å². The highest BCUT2D eigenvalue weighted by molar-refractivity contribution is 6.09. The summed E-state index contributed by atoms with van der Waals surface area (Å²) >= 11 is 0. The van der Waals surface area contributed by atoms with Crippen molar-refractivity contribution in [1.29, 1.82) is 0 Å². The predicted octanol–water partition coefficient (Wildman–Crippen LogP) is 3.63. The number of amides is 3. The van der Waals surface area contributed by atoms with Crippen LogP contribution in [-0.4, -0.2) is 61.4 Å². The molecule has 0 spiro atoms. The fraction of sp³-hybridized carbons (Fsp3) is 0.593. The highest BCUT2D eigenvalue weighted by Gasteiger charge is 2.40. The van der Waals surface area contributed by atoms with E-state index >= 15 is 0 Å². The molecule has 7 heteroatoms. The number of piperidine rings is 1. The van der Waals surface area contributed by atoms with Crippen molar-refractivity contribution < 1.29 is 14.4 Å². The molecule has 182 valence electrons. The first kappa shape index (κ1) is 22.9. The summed E-state index contributed by atoms with van der Waals surface area (Å²) in [6.45, 7) is 2.99. The van der Waals surface area contributed by atoms with Gasteiger partial charge >= 0.3 is 0 Å². The number of nitrogens with zero attached hydrogens (tertiary/aromatic N) is 3. The number of allylic oxidation sites excluding steroid dienone is 1. The van der Waals surface area contributed by atoms with Gasteiger partial charge in [-0.05, 0) is 82.4 Å². The van der Waals surface area contributed by atoms with Crippen LogP contribution in [0.4, 0.5) is 11.4 Å². The molecule has 34 heavy (non-hydrogen) atoms. The molecule has 3 heterocycles. The van der Waals surface area contributed by atoms with Crippen LogP contribution in [0.1, 0.15) is 74.6 Å². The van der Waals surface area contributed by atoms with Crippen molar-refractivity contribution in [1.82, 2.24) is 10.2 Å². The number of anilines is 2. The van der Waals surface area contributed by atoms with Gasteiger partial charge in [0.25, 0.3) is 5.91 Å². The topological polar surface area (TPSA) is 73.0 Å². The van der Waals surface area contributed by atoms with Gasteiger partial charge in [0.05, 0.1) is 11.4 Å². The lowest BCUT2D eigenvalue weighted by Crippen LogP contribution is -2.57. The molecule has 2 saturated heterocycles. The monoisotopic (exact) mass is 464 g/mol. The minimum atomic E-state index is -0.221. The molecule has 5 rings (SSSR count). The van der Waals surface area contributed by atoms with Crippen LogP contribution in [0.2, 0.25) is 0 Å². The number of carbonyl (C=O) groups is 3. The average molecular weight is 465 g/mol. The normalized spacial score (nSPS) is 22.2. The molecule has 1 aliphatic carbocycles. The minimum absolute atomic E-state index is 0.00339. The number of nitrogens with one attached hydrogen (secondary N) is 1. The third-order valence-electron chi connectivity index (χ3n) is 7.72. The Morgan fingerprint density at radius 3 is 2.59 bits per heavy atom. The Morgan fingerprint density at radius 2 is 1.79 bits per heavy atom. The molecular formula is C27H36N4O3. The van der Waals surface area contributed by atoms with E-state index in [4.69, 9.17) is 0 Å². The van der Waals surface area contributed by atoms with E-state index in [-0.39, 0.29) is 30.3 Å². The van der Waals surface area contributed by atoms with Gasteiger partial charge in [-0.2, -0.15) is 0 Å². The summed E-state index contributed by atoms with van der Waals surface area (Å²) in [4.78, 5) is 45.1. The minimum Gasteiger partial charge on any atom is -0.358 e. The lowest BCUT2D eigenvalue weighted by atomic mass is 9.95. The number of hydrogen-bond acceptors (Lipinski definition) is 4. The fourth-order valence-corrected chi connectivity index (χ4v) is 5.85. The van der Waals surface area contributed by atoms with Gasteiger partial charge in [0, 0.05) is 31.7 Å². The maximum atomic E-state index is 13.5. The zero-order valence-electron chi connectivity index (χ0n) is 20.1. The molecule has 0 aromatic heterocycles. The summed E-state index contributed by atoms with van der Waals surface area (Å²) in [5.74, 6) is -0.155. The van der Waals surface area contributed by atoms with E-state index in [1.807, 2.05) is 23.1 Å². The Labute approximate surface area is 202 Å². The van der Waals surface area contributed by atoms with E-state index in [2.05, 4.69) is 16.3 Å².